The molecule has 0 aromatic rings. The van der Waals surface area contributed by atoms with Crippen molar-refractivity contribution in [3.05, 3.63) is 0 Å². The quantitative estimate of drug-likeness (QED) is 0.763. The highest BCUT2D eigenvalue weighted by molar-refractivity contribution is 7.92. The van der Waals surface area contributed by atoms with Gasteiger partial charge in [-0.25, -0.2) is 8.42 Å². The van der Waals surface area contributed by atoms with E-state index in [1.54, 1.807) is 0 Å². The molecular formula is C11H19NO5S. The highest BCUT2D eigenvalue weighted by atomic mass is 32.2. The average molecular weight is 277 g/mol. The van der Waals surface area contributed by atoms with Gasteiger partial charge in [0.15, 0.2) is 9.84 Å². The van der Waals surface area contributed by atoms with Gasteiger partial charge >= 0.3 is 5.97 Å². The molecule has 18 heavy (non-hydrogen) atoms. The van der Waals surface area contributed by atoms with Crippen LogP contribution in [0.3, 0.4) is 0 Å². The average Bonchev–Trinajstić information content (AvgIpc) is 2.25. The Morgan fingerprint density at radius 2 is 1.94 bits per heavy atom. The third-order valence-corrected chi connectivity index (χ3v) is 5.33. The molecule has 1 saturated heterocycles. The zero-order valence-corrected chi connectivity index (χ0v) is 11.4. The molecule has 1 unspecified atom stereocenters. The molecule has 0 aliphatic carbocycles. The minimum Gasteiger partial charge on any atom is -0.481 e. The molecule has 0 spiro atoms. The maximum atomic E-state index is 11.8. The standard InChI is InChI=1S/C11H19NO5S/c1-11(2,10(14)15)7-12-9(13)8-5-3-4-6-18(8,16)17/h8H,3-7H2,1-2H3,(H,12,13)(H,14,15). The first-order chi connectivity index (χ1) is 8.17. The topological polar surface area (TPSA) is 101 Å². The van der Waals surface area contributed by atoms with Crippen molar-refractivity contribution >= 4 is 21.7 Å². The van der Waals surface area contributed by atoms with E-state index in [1.165, 1.54) is 13.8 Å². The van der Waals surface area contributed by atoms with E-state index in [0.29, 0.717) is 19.3 Å². The number of hydrogen-bond donors (Lipinski definition) is 2. The van der Waals surface area contributed by atoms with Gasteiger partial charge in [-0.1, -0.05) is 6.42 Å². The summed E-state index contributed by atoms with van der Waals surface area (Å²) in [6.45, 7) is 2.88. The summed E-state index contributed by atoms with van der Waals surface area (Å²) in [4.78, 5) is 22.7. The van der Waals surface area contributed by atoms with E-state index in [-0.39, 0.29) is 12.3 Å². The number of aliphatic carboxylic acids is 1. The number of sulfone groups is 1. The van der Waals surface area contributed by atoms with Crippen molar-refractivity contribution < 1.29 is 23.1 Å². The molecule has 1 aliphatic rings. The van der Waals surface area contributed by atoms with Crippen LogP contribution in [0.15, 0.2) is 0 Å². The molecule has 1 amide bonds. The summed E-state index contributed by atoms with van der Waals surface area (Å²) in [5, 5.41) is 10.3. The normalized spacial score (nSPS) is 23.3. The lowest BCUT2D eigenvalue weighted by Crippen LogP contribution is -2.47. The largest absolute Gasteiger partial charge is 0.481 e. The Morgan fingerprint density at radius 3 is 2.44 bits per heavy atom. The number of hydrogen-bond acceptors (Lipinski definition) is 4. The summed E-state index contributed by atoms with van der Waals surface area (Å²) in [6, 6.07) is 0. The van der Waals surface area contributed by atoms with Gasteiger partial charge < -0.3 is 10.4 Å². The van der Waals surface area contributed by atoms with Gasteiger partial charge in [-0.2, -0.15) is 0 Å². The van der Waals surface area contributed by atoms with Gasteiger partial charge in [0.1, 0.15) is 5.25 Å². The van der Waals surface area contributed by atoms with Crippen LogP contribution in [-0.2, 0) is 19.4 Å². The van der Waals surface area contributed by atoms with Crippen LogP contribution >= 0.6 is 0 Å². The highest BCUT2D eigenvalue weighted by Gasteiger charge is 2.36. The number of carboxylic acid groups (broad SMARTS) is 1. The van der Waals surface area contributed by atoms with Crippen LogP contribution in [0.1, 0.15) is 33.1 Å². The lowest BCUT2D eigenvalue weighted by molar-refractivity contribution is -0.146. The molecule has 1 aliphatic heterocycles. The van der Waals surface area contributed by atoms with Crippen molar-refractivity contribution in [2.24, 2.45) is 5.41 Å². The van der Waals surface area contributed by atoms with Gasteiger partial charge in [0.25, 0.3) is 0 Å². The monoisotopic (exact) mass is 277 g/mol. The first kappa shape index (κ1) is 14.9. The second-order valence-electron chi connectivity index (χ2n) is 5.26. The van der Waals surface area contributed by atoms with Gasteiger partial charge in [0.2, 0.25) is 5.91 Å². The van der Waals surface area contributed by atoms with Gasteiger partial charge in [0.05, 0.1) is 11.2 Å². The molecule has 0 aromatic carbocycles. The van der Waals surface area contributed by atoms with E-state index >= 15 is 0 Å². The second-order valence-corrected chi connectivity index (χ2v) is 7.56. The molecule has 104 valence electrons. The third kappa shape index (κ3) is 3.44. The van der Waals surface area contributed by atoms with Crippen LogP contribution < -0.4 is 5.32 Å². The van der Waals surface area contributed by atoms with Crippen molar-refractivity contribution in [3.63, 3.8) is 0 Å². The lowest BCUT2D eigenvalue weighted by atomic mass is 9.94. The lowest BCUT2D eigenvalue weighted by Gasteiger charge is -2.24. The number of carbonyl (C=O) groups excluding carboxylic acids is 1. The molecule has 0 bridgehead atoms. The number of rotatable bonds is 4. The molecule has 1 atom stereocenters. The van der Waals surface area contributed by atoms with Crippen LogP contribution in [0.4, 0.5) is 0 Å². The van der Waals surface area contributed by atoms with Gasteiger partial charge in [-0.05, 0) is 26.7 Å². The van der Waals surface area contributed by atoms with Crippen molar-refractivity contribution in [2.45, 2.75) is 38.4 Å². The SMILES string of the molecule is CC(C)(CNC(=O)C1CCCCS1(=O)=O)C(=O)O. The Hall–Kier alpha value is -1.11. The molecular weight excluding hydrogens is 258 g/mol. The molecule has 1 fully saturated rings. The fourth-order valence-corrected chi connectivity index (χ4v) is 3.57. The molecule has 0 radical (unpaired) electrons. The first-order valence-corrected chi connectivity index (χ1v) is 7.61. The Morgan fingerprint density at radius 1 is 1.33 bits per heavy atom. The summed E-state index contributed by atoms with van der Waals surface area (Å²) in [6.07, 6.45) is 1.62. The van der Waals surface area contributed by atoms with E-state index in [0.717, 1.165) is 0 Å². The third-order valence-electron chi connectivity index (χ3n) is 3.15. The van der Waals surface area contributed by atoms with Crippen LogP contribution in [0, 0.1) is 5.41 Å². The van der Waals surface area contributed by atoms with E-state index < -0.39 is 32.4 Å². The molecule has 0 saturated carbocycles. The van der Waals surface area contributed by atoms with E-state index in [4.69, 9.17) is 5.11 Å². The molecule has 0 aromatic heterocycles. The van der Waals surface area contributed by atoms with Crippen molar-refractivity contribution in [2.75, 3.05) is 12.3 Å². The summed E-state index contributed by atoms with van der Waals surface area (Å²) >= 11 is 0. The van der Waals surface area contributed by atoms with Gasteiger partial charge in [-0.15, -0.1) is 0 Å². The predicted molar refractivity (Wildman–Crippen MR) is 65.9 cm³/mol. The molecule has 1 heterocycles. The Labute approximate surface area is 107 Å². The summed E-state index contributed by atoms with van der Waals surface area (Å²) in [5.74, 6) is -1.58. The van der Waals surface area contributed by atoms with Crippen LogP contribution in [0.5, 0.6) is 0 Å². The number of carbonyl (C=O) groups is 2. The van der Waals surface area contributed by atoms with Crippen molar-refractivity contribution in [3.8, 4) is 0 Å². The van der Waals surface area contributed by atoms with Crippen LogP contribution in [0.25, 0.3) is 0 Å². The number of amides is 1. The second kappa shape index (κ2) is 5.26. The maximum absolute atomic E-state index is 11.8. The highest BCUT2D eigenvalue weighted by Crippen LogP contribution is 2.20. The summed E-state index contributed by atoms with van der Waals surface area (Å²) < 4.78 is 23.4. The van der Waals surface area contributed by atoms with E-state index in [2.05, 4.69) is 5.32 Å². The minimum absolute atomic E-state index is 0.0351. The van der Waals surface area contributed by atoms with E-state index in [1.807, 2.05) is 0 Å². The molecule has 7 heteroatoms. The van der Waals surface area contributed by atoms with Gasteiger partial charge in [-0.3, -0.25) is 9.59 Å². The molecule has 6 nitrogen and oxygen atoms in total. The Balaban J connectivity index is 2.64. The van der Waals surface area contributed by atoms with E-state index in [9.17, 15) is 18.0 Å². The predicted octanol–water partition coefficient (Wildman–Crippen LogP) is 0.181. The fourth-order valence-electron chi connectivity index (χ4n) is 1.75. The zero-order chi connectivity index (χ0) is 14.0. The number of nitrogens with one attached hydrogen (secondary N) is 1. The Bertz CT molecular complexity index is 440. The van der Waals surface area contributed by atoms with Gasteiger partial charge in [0, 0.05) is 6.54 Å². The van der Waals surface area contributed by atoms with Crippen LogP contribution in [0.2, 0.25) is 0 Å². The zero-order valence-electron chi connectivity index (χ0n) is 10.6. The first-order valence-electron chi connectivity index (χ1n) is 5.89. The number of carboxylic acids is 1. The van der Waals surface area contributed by atoms with Crippen molar-refractivity contribution in [1.29, 1.82) is 0 Å². The Kier molecular flexibility index (Phi) is 4.37. The fraction of sp³-hybridized carbons (Fsp3) is 0.818. The van der Waals surface area contributed by atoms with Crippen molar-refractivity contribution in [1.82, 2.24) is 5.32 Å². The van der Waals surface area contributed by atoms with Crippen LogP contribution in [-0.4, -0.2) is 42.9 Å². The summed E-state index contributed by atoms with van der Waals surface area (Å²) in [7, 11) is -3.37. The maximum Gasteiger partial charge on any atom is 0.310 e. The summed E-state index contributed by atoms with van der Waals surface area (Å²) in [5.41, 5.74) is -1.10. The smallest absolute Gasteiger partial charge is 0.310 e. The minimum atomic E-state index is -3.37. The molecule has 2 N–H and O–H groups in total. The molecule has 1 rings (SSSR count).